The molecule has 0 aliphatic carbocycles. The number of rotatable bonds is 13. The van der Waals surface area contributed by atoms with Crippen molar-refractivity contribution in [3.05, 3.63) is 85.5 Å². The van der Waals surface area contributed by atoms with Crippen LogP contribution in [0, 0.1) is 18.8 Å². The Labute approximate surface area is 433 Å². The molecule has 1 aromatic carbocycles. The van der Waals surface area contributed by atoms with Crippen LogP contribution in [0.25, 0.3) is 0 Å². The second-order valence-corrected chi connectivity index (χ2v) is 20.4. The number of hydrogen-bond acceptors (Lipinski definition) is 17. The fraction of sp³-hybridized carbons (Fsp3) is 0.642. The minimum absolute atomic E-state index is 0.0167. The molecule has 17 nitrogen and oxygen atoms in total. The summed E-state index contributed by atoms with van der Waals surface area (Å²) in [5, 5.41) is 67.3. The first kappa shape index (κ1) is 60.9. The van der Waals surface area contributed by atoms with Crippen molar-refractivity contribution < 1.29 is 82.9 Å². The smallest absolute Gasteiger partial charge is 0.342 e. The Kier molecular flexibility index (Phi) is 22.6. The number of hydrogen-bond donors (Lipinski definition) is 6. The number of carbonyl (C=O) groups excluding carboxylic acids is 3. The molecule has 404 valence electrons. The van der Waals surface area contributed by atoms with Crippen LogP contribution >= 0.6 is 23.2 Å². The molecule has 0 aromatic heterocycles. The summed E-state index contributed by atoms with van der Waals surface area (Å²) < 4.78 is 47.7. The van der Waals surface area contributed by atoms with E-state index < -0.39 is 122 Å². The Morgan fingerprint density at radius 3 is 2.18 bits per heavy atom. The first-order chi connectivity index (χ1) is 33.7. The molecule has 0 spiro atoms. The monoisotopic (exact) mass is 1050 g/mol. The lowest BCUT2D eigenvalue weighted by molar-refractivity contribution is -0.333. The van der Waals surface area contributed by atoms with E-state index in [-0.39, 0.29) is 46.4 Å². The normalized spacial score (nSPS) is 34.8. The van der Waals surface area contributed by atoms with Crippen molar-refractivity contribution in [3.8, 4) is 5.75 Å². The molecular weight excluding hydrogens is 979 g/mol. The van der Waals surface area contributed by atoms with Gasteiger partial charge in [0.25, 0.3) is 0 Å². The van der Waals surface area contributed by atoms with Crippen molar-refractivity contribution in [1.29, 1.82) is 0 Å². The molecular formula is C53H76Cl2O17. The van der Waals surface area contributed by atoms with E-state index in [9.17, 15) is 45.0 Å². The van der Waals surface area contributed by atoms with E-state index >= 15 is 0 Å². The van der Waals surface area contributed by atoms with Gasteiger partial charge in [0, 0.05) is 24.5 Å². The number of ether oxygens (including phenoxy) is 8. The van der Waals surface area contributed by atoms with Crippen LogP contribution in [0.5, 0.6) is 5.75 Å². The van der Waals surface area contributed by atoms with Gasteiger partial charge in [0.1, 0.15) is 47.4 Å². The Bertz CT molecular complexity index is 2210. The summed E-state index contributed by atoms with van der Waals surface area (Å²) in [4.78, 5) is 40.1. The van der Waals surface area contributed by atoms with Crippen molar-refractivity contribution in [3.63, 3.8) is 0 Å². The standard InChI is InChI=1S/C53H76Cl2O17/c1-14-32-23-27(6)35(57)19-17-16-18-33(24-66-52-46(65-13)43(61)45(31(10)67-52)69-50(64)37-34(15-2)38(54)29(8)39(55)40(37)58)49(63)68-36(30(9)56)21-20-26(5)22-28(7)44(32)70-51-42(60)41(59)47(53(11,12)72-51)71-48(62)25(3)4/h16-18,20,22-23,25,30-32,35-36,41-47,51-52,56-61H,14-15,19,21,24H2,1-13H3/b17-16+,26-20+,27-23+,28-22+,33-18+/t30-,31-,32+,35+,36+,41-,42+,43+,44+,45-,46+,47+,51-,52-/m1/s1. The maximum absolute atomic E-state index is 14.0. The van der Waals surface area contributed by atoms with E-state index in [1.54, 1.807) is 66.7 Å². The highest BCUT2D eigenvalue weighted by atomic mass is 35.5. The first-order valence-electron chi connectivity index (χ1n) is 24.4. The molecule has 2 fully saturated rings. The lowest BCUT2D eigenvalue weighted by Crippen LogP contribution is -2.64. The van der Waals surface area contributed by atoms with Crippen LogP contribution in [-0.2, 0) is 53.9 Å². The maximum atomic E-state index is 14.0. The van der Waals surface area contributed by atoms with Crippen LogP contribution in [0.15, 0.2) is 58.7 Å². The number of cyclic esters (lactones) is 1. The summed E-state index contributed by atoms with van der Waals surface area (Å²) in [6, 6.07) is 0. The third-order valence-corrected chi connectivity index (χ3v) is 14.2. The number of carbonyl (C=O) groups is 3. The number of aromatic hydroxyl groups is 1. The van der Waals surface area contributed by atoms with E-state index in [1.807, 2.05) is 32.9 Å². The summed E-state index contributed by atoms with van der Waals surface area (Å²) in [5.74, 6) is -3.78. The molecule has 3 heterocycles. The van der Waals surface area contributed by atoms with Crippen LogP contribution in [0.2, 0.25) is 10.0 Å². The summed E-state index contributed by atoms with van der Waals surface area (Å²) in [5.41, 5.74) is 1.17. The van der Waals surface area contributed by atoms with Crippen LogP contribution in [0.3, 0.4) is 0 Å². The summed E-state index contributed by atoms with van der Waals surface area (Å²) in [6.07, 6.45) is -4.88. The third kappa shape index (κ3) is 14.8. The number of esters is 3. The molecule has 0 amide bonds. The van der Waals surface area contributed by atoms with Gasteiger partial charge < -0.3 is 68.5 Å². The minimum atomic E-state index is -1.60. The molecule has 2 saturated heterocycles. The molecule has 1 aromatic rings. The molecule has 0 bridgehead atoms. The van der Waals surface area contributed by atoms with Gasteiger partial charge in [-0.05, 0) is 103 Å². The average molecular weight is 1060 g/mol. The van der Waals surface area contributed by atoms with Crippen LogP contribution in [0.4, 0.5) is 0 Å². The number of phenolic OH excluding ortho intramolecular Hbond substituents is 1. The number of phenols is 1. The Morgan fingerprint density at radius 1 is 0.917 bits per heavy atom. The Morgan fingerprint density at radius 2 is 1.58 bits per heavy atom. The molecule has 3 aliphatic heterocycles. The second kappa shape index (κ2) is 26.7. The zero-order valence-corrected chi connectivity index (χ0v) is 45.1. The quantitative estimate of drug-likeness (QED) is 0.0673. The van der Waals surface area contributed by atoms with Crippen LogP contribution in [-0.4, -0.2) is 148 Å². The van der Waals surface area contributed by atoms with Crippen molar-refractivity contribution in [1.82, 2.24) is 0 Å². The molecule has 0 saturated carbocycles. The van der Waals surface area contributed by atoms with E-state index in [2.05, 4.69) is 0 Å². The number of aliphatic hydroxyl groups is 5. The predicted molar refractivity (Wildman–Crippen MR) is 268 cm³/mol. The van der Waals surface area contributed by atoms with Crippen molar-refractivity contribution in [2.75, 3.05) is 13.7 Å². The summed E-state index contributed by atoms with van der Waals surface area (Å²) in [7, 11) is 1.29. The molecule has 4 rings (SSSR count). The fourth-order valence-electron chi connectivity index (χ4n) is 8.75. The van der Waals surface area contributed by atoms with E-state index in [0.29, 0.717) is 34.3 Å². The molecule has 19 heteroatoms. The highest BCUT2D eigenvalue weighted by Gasteiger charge is 2.53. The van der Waals surface area contributed by atoms with Gasteiger partial charge in [-0.25, -0.2) is 9.59 Å². The van der Waals surface area contributed by atoms with Crippen LogP contribution in [0.1, 0.15) is 117 Å². The zero-order valence-electron chi connectivity index (χ0n) is 43.6. The molecule has 72 heavy (non-hydrogen) atoms. The predicted octanol–water partition coefficient (Wildman–Crippen LogP) is 6.84. The maximum Gasteiger partial charge on any atom is 0.342 e. The number of methoxy groups -OCH3 is 1. The largest absolute Gasteiger partial charge is 0.505 e. The van der Waals surface area contributed by atoms with Gasteiger partial charge in [-0.1, -0.05) is 86.9 Å². The van der Waals surface area contributed by atoms with Crippen LogP contribution < -0.4 is 0 Å². The van der Waals surface area contributed by atoms with E-state index in [1.165, 1.54) is 27.0 Å². The van der Waals surface area contributed by atoms with Gasteiger partial charge in [0.15, 0.2) is 24.8 Å². The first-order valence-corrected chi connectivity index (χ1v) is 25.2. The van der Waals surface area contributed by atoms with Gasteiger partial charge in [-0.2, -0.15) is 0 Å². The second-order valence-electron chi connectivity index (χ2n) is 19.6. The van der Waals surface area contributed by atoms with Gasteiger partial charge in [-0.3, -0.25) is 4.79 Å². The Hall–Kier alpha value is -3.69. The van der Waals surface area contributed by atoms with E-state index in [0.717, 1.165) is 0 Å². The summed E-state index contributed by atoms with van der Waals surface area (Å²) >= 11 is 12.8. The molecule has 6 N–H and O–H groups in total. The molecule has 3 aliphatic rings. The highest BCUT2D eigenvalue weighted by Crippen LogP contribution is 2.41. The number of allylic oxidation sites excluding steroid dienone is 4. The molecule has 0 unspecified atom stereocenters. The highest BCUT2D eigenvalue weighted by molar-refractivity contribution is 6.38. The minimum Gasteiger partial charge on any atom is -0.505 e. The third-order valence-electron chi connectivity index (χ3n) is 13.2. The number of benzene rings is 1. The molecule has 14 atom stereocenters. The Balaban J connectivity index is 1.61. The molecule has 0 radical (unpaired) electrons. The average Bonchev–Trinajstić information content (AvgIpc) is 3.32. The van der Waals surface area contributed by atoms with Gasteiger partial charge in [0.05, 0.1) is 47.5 Å². The van der Waals surface area contributed by atoms with Crippen molar-refractivity contribution in [2.45, 2.75) is 194 Å². The number of aliphatic hydroxyl groups excluding tert-OH is 5. The van der Waals surface area contributed by atoms with Gasteiger partial charge in [-0.15, -0.1) is 0 Å². The van der Waals surface area contributed by atoms with Crippen molar-refractivity contribution in [2.24, 2.45) is 11.8 Å². The lowest BCUT2D eigenvalue weighted by atomic mass is 9.88. The SMILES string of the molecule is CCc1c(Cl)c(C)c(Cl)c(O)c1C(=O)O[C@H]1[C@H](O)[C@H](OC)[C@H](OC/C2=C\C=C\C[C@H](O)/C(C)=C/[C@H](CC)[C@@H](O[C@@H]3OC(C)(C)[C@@H](OC(=O)C(C)C)[C@H](O)[C@@H]3O)/C(C)=C/C(C)=C/C[C@@H]([C@@H](C)O)OC2=O)O[C@@H]1C. The topological polar surface area (TPSA) is 246 Å². The van der Waals surface area contributed by atoms with Gasteiger partial charge in [0.2, 0.25) is 0 Å². The number of halogens is 2. The fourth-order valence-corrected chi connectivity index (χ4v) is 9.31. The zero-order chi connectivity index (χ0) is 54.1. The summed E-state index contributed by atoms with van der Waals surface area (Å²) in [6.45, 7) is 19.9. The van der Waals surface area contributed by atoms with Crippen molar-refractivity contribution >= 4 is 41.1 Å². The van der Waals surface area contributed by atoms with E-state index in [4.69, 9.17) is 61.1 Å². The van der Waals surface area contributed by atoms with Gasteiger partial charge >= 0.3 is 17.9 Å². The lowest BCUT2D eigenvalue weighted by Gasteiger charge is -2.47.